The topological polar surface area (TPSA) is 101 Å². The van der Waals surface area contributed by atoms with E-state index in [1.165, 1.54) is 6.92 Å². The standard InChI is InChI=1S/C26H32N4O5/c1-19(31)28-23-6-4-22(5-7-23)26(33)30-16-24(35-18-21-3-2-10-27-13-21)15-29(25(32)17-30)14-20-8-11-34-12-9-20/h2-7,10,13,20,24H,8-9,11-12,14-18H2,1H3,(H,28,31). The summed E-state index contributed by atoms with van der Waals surface area (Å²) >= 11 is 0. The summed E-state index contributed by atoms with van der Waals surface area (Å²) in [4.78, 5) is 45.4. The molecule has 9 heteroatoms. The van der Waals surface area contributed by atoms with Crippen molar-refractivity contribution in [2.75, 3.05) is 44.7 Å². The second-order valence-corrected chi connectivity index (χ2v) is 9.09. The fourth-order valence-electron chi connectivity index (χ4n) is 4.44. The van der Waals surface area contributed by atoms with Crippen LogP contribution in [-0.4, -0.2) is 78.0 Å². The highest BCUT2D eigenvalue weighted by Gasteiger charge is 2.32. The van der Waals surface area contributed by atoms with E-state index in [9.17, 15) is 14.4 Å². The van der Waals surface area contributed by atoms with Gasteiger partial charge in [0.05, 0.1) is 12.7 Å². The number of ether oxygens (including phenoxy) is 2. The van der Waals surface area contributed by atoms with Gasteiger partial charge in [0.25, 0.3) is 5.91 Å². The lowest BCUT2D eigenvalue weighted by Gasteiger charge is -2.30. The Morgan fingerprint density at radius 1 is 1.14 bits per heavy atom. The highest BCUT2D eigenvalue weighted by Crippen LogP contribution is 2.20. The van der Waals surface area contributed by atoms with Crippen LogP contribution in [0.15, 0.2) is 48.8 Å². The molecule has 0 bridgehead atoms. The van der Waals surface area contributed by atoms with Crippen LogP contribution in [0.2, 0.25) is 0 Å². The highest BCUT2D eigenvalue weighted by molar-refractivity contribution is 5.97. The number of hydrogen-bond donors (Lipinski definition) is 1. The SMILES string of the molecule is CC(=O)Nc1ccc(C(=O)N2CC(=O)N(CC3CCOCC3)CC(OCc3cccnc3)C2)cc1. The first-order valence-corrected chi connectivity index (χ1v) is 12.0. The Morgan fingerprint density at radius 3 is 2.60 bits per heavy atom. The average Bonchev–Trinajstić information content (AvgIpc) is 3.02. The minimum absolute atomic E-state index is 0.00224. The Balaban J connectivity index is 1.48. The summed E-state index contributed by atoms with van der Waals surface area (Å²) in [6, 6.07) is 10.5. The van der Waals surface area contributed by atoms with E-state index >= 15 is 0 Å². The number of aromatic nitrogens is 1. The number of benzene rings is 1. The zero-order chi connectivity index (χ0) is 24.6. The molecule has 2 aliphatic heterocycles. The first kappa shape index (κ1) is 24.8. The van der Waals surface area contributed by atoms with Crippen molar-refractivity contribution in [2.45, 2.75) is 32.5 Å². The number of carbonyl (C=O) groups is 3. The summed E-state index contributed by atoms with van der Waals surface area (Å²) in [6.45, 7) is 4.60. The molecule has 1 N–H and O–H groups in total. The second kappa shape index (κ2) is 11.9. The molecule has 2 aromatic rings. The Morgan fingerprint density at radius 2 is 1.91 bits per heavy atom. The van der Waals surface area contributed by atoms with E-state index in [-0.39, 0.29) is 30.4 Å². The van der Waals surface area contributed by atoms with E-state index in [0.717, 1.165) is 18.4 Å². The summed E-state index contributed by atoms with van der Waals surface area (Å²) in [7, 11) is 0. The van der Waals surface area contributed by atoms with Gasteiger partial charge in [0.15, 0.2) is 0 Å². The van der Waals surface area contributed by atoms with Crippen LogP contribution >= 0.6 is 0 Å². The highest BCUT2D eigenvalue weighted by atomic mass is 16.5. The predicted octanol–water partition coefficient (Wildman–Crippen LogP) is 2.34. The first-order chi connectivity index (χ1) is 17.0. The van der Waals surface area contributed by atoms with Crippen molar-refractivity contribution in [3.05, 3.63) is 59.9 Å². The maximum absolute atomic E-state index is 13.3. The minimum atomic E-state index is -0.330. The van der Waals surface area contributed by atoms with Gasteiger partial charge in [-0.05, 0) is 54.7 Å². The fraction of sp³-hybridized carbons (Fsp3) is 0.462. The molecule has 0 spiro atoms. The van der Waals surface area contributed by atoms with E-state index in [0.29, 0.717) is 56.6 Å². The molecule has 2 fully saturated rings. The summed E-state index contributed by atoms with van der Waals surface area (Å²) in [5, 5.41) is 2.69. The van der Waals surface area contributed by atoms with Gasteiger partial charge in [-0.15, -0.1) is 0 Å². The van der Waals surface area contributed by atoms with Gasteiger partial charge in [0.1, 0.15) is 6.54 Å². The molecule has 1 aromatic carbocycles. The van der Waals surface area contributed by atoms with Crippen LogP contribution in [0.5, 0.6) is 0 Å². The molecule has 1 atom stereocenters. The molecule has 186 valence electrons. The predicted molar refractivity (Wildman–Crippen MR) is 130 cm³/mol. The van der Waals surface area contributed by atoms with Crippen molar-refractivity contribution in [2.24, 2.45) is 5.92 Å². The largest absolute Gasteiger partial charge is 0.381 e. The third kappa shape index (κ3) is 7.10. The average molecular weight is 481 g/mol. The molecule has 1 unspecified atom stereocenters. The summed E-state index contributed by atoms with van der Waals surface area (Å²) in [6.07, 6.45) is 4.98. The molecule has 3 heterocycles. The van der Waals surface area contributed by atoms with Gasteiger partial charge < -0.3 is 24.6 Å². The van der Waals surface area contributed by atoms with E-state index in [1.807, 2.05) is 17.0 Å². The van der Waals surface area contributed by atoms with Crippen molar-refractivity contribution in [1.82, 2.24) is 14.8 Å². The molecule has 0 aliphatic carbocycles. The number of nitrogens with zero attached hydrogens (tertiary/aromatic N) is 3. The summed E-state index contributed by atoms with van der Waals surface area (Å²) in [5.41, 5.74) is 2.00. The number of nitrogens with one attached hydrogen (secondary N) is 1. The number of amides is 3. The van der Waals surface area contributed by atoms with Crippen LogP contribution < -0.4 is 5.32 Å². The Kier molecular flexibility index (Phi) is 8.44. The van der Waals surface area contributed by atoms with Crippen molar-refractivity contribution in [3.63, 3.8) is 0 Å². The number of pyridine rings is 1. The third-order valence-electron chi connectivity index (χ3n) is 6.29. The Hall–Kier alpha value is -3.30. The van der Waals surface area contributed by atoms with Crippen LogP contribution in [0.3, 0.4) is 0 Å². The Labute approximate surface area is 205 Å². The molecule has 0 saturated carbocycles. The molecule has 35 heavy (non-hydrogen) atoms. The quantitative estimate of drug-likeness (QED) is 0.653. The van der Waals surface area contributed by atoms with Crippen LogP contribution in [0.25, 0.3) is 0 Å². The molecule has 2 aliphatic rings. The molecule has 1 aromatic heterocycles. The number of rotatable bonds is 7. The van der Waals surface area contributed by atoms with Gasteiger partial charge in [-0.25, -0.2) is 0 Å². The first-order valence-electron chi connectivity index (χ1n) is 12.0. The molecule has 4 rings (SSSR count). The van der Waals surface area contributed by atoms with Gasteiger partial charge in [0.2, 0.25) is 11.8 Å². The zero-order valence-corrected chi connectivity index (χ0v) is 20.0. The van der Waals surface area contributed by atoms with Crippen molar-refractivity contribution >= 4 is 23.4 Å². The smallest absolute Gasteiger partial charge is 0.254 e. The van der Waals surface area contributed by atoms with Crippen LogP contribution in [0, 0.1) is 5.92 Å². The van der Waals surface area contributed by atoms with Crippen LogP contribution in [0.4, 0.5) is 5.69 Å². The molecule has 2 saturated heterocycles. The van der Waals surface area contributed by atoms with E-state index in [1.54, 1.807) is 41.6 Å². The van der Waals surface area contributed by atoms with Gasteiger partial charge in [-0.3, -0.25) is 19.4 Å². The molecule has 9 nitrogen and oxygen atoms in total. The monoisotopic (exact) mass is 480 g/mol. The molecule has 3 amide bonds. The van der Waals surface area contributed by atoms with Crippen LogP contribution in [0.1, 0.15) is 35.7 Å². The number of anilines is 1. The van der Waals surface area contributed by atoms with Gasteiger partial charge in [-0.1, -0.05) is 6.07 Å². The van der Waals surface area contributed by atoms with Gasteiger partial charge in [-0.2, -0.15) is 0 Å². The van der Waals surface area contributed by atoms with Crippen LogP contribution in [-0.2, 0) is 25.7 Å². The molecular formula is C26H32N4O5. The lowest BCUT2D eigenvalue weighted by atomic mass is 9.99. The maximum Gasteiger partial charge on any atom is 0.254 e. The normalized spacial score (nSPS) is 19.3. The van der Waals surface area contributed by atoms with Gasteiger partial charge >= 0.3 is 0 Å². The van der Waals surface area contributed by atoms with Crippen molar-refractivity contribution in [3.8, 4) is 0 Å². The second-order valence-electron chi connectivity index (χ2n) is 9.09. The fourth-order valence-corrected chi connectivity index (χ4v) is 4.44. The third-order valence-corrected chi connectivity index (χ3v) is 6.29. The minimum Gasteiger partial charge on any atom is -0.381 e. The van der Waals surface area contributed by atoms with E-state index in [4.69, 9.17) is 9.47 Å². The van der Waals surface area contributed by atoms with E-state index < -0.39 is 0 Å². The van der Waals surface area contributed by atoms with E-state index in [2.05, 4.69) is 10.3 Å². The van der Waals surface area contributed by atoms with Gasteiger partial charge in [0, 0.05) is 63.4 Å². The molecular weight excluding hydrogens is 448 g/mol. The lowest BCUT2D eigenvalue weighted by Crippen LogP contribution is -2.42. The number of carbonyl (C=O) groups excluding carboxylic acids is 3. The summed E-state index contributed by atoms with van der Waals surface area (Å²) < 4.78 is 11.7. The Bertz CT molecular complexity index is 1010. The zero-order valence-electron chi connectivity index (χ0n) is 20.0. The summed E-state index contributed by atoms with van der Waals surface area (Å²) in [5.74, 6) is -0.113. The lowest BCUT2D eigenvalue weighted by molar-refractivity contribution is -0.132. The van der Waals surface area contributed by atoms with Crippen molar-refractivity contribution in [1.29, 1.82) is 0 Å². The number of hydrogen-bond acceptors (Lipinski definition) is 6. The maximum atomic E-state index is 13.3. The van der Waals surface area contributed by atoms with Crippen molar-refractivity contribution < 1.29 is 23.9 Å². The molecule has 0 radical (unpaired) electrons.